The second-order valence-corrected chi connectivity index (χ2v) is 4.16. The minimum atomic E-state index is 0.0608. The van der Waals surface area contributed by atoms with Gasteiger partial charge in [0.2, 0.25) is 0 Å². The van der Waals surface area contributed by atoms with Crippen LogP contribution in [0.15, 0.2) is 24.5 Å². The van der Waals surface area contributed by atoms with Crippen LogP contribution < -0.4 is 5.73 Å². The van der Waals surface area contributed by atoms with Crippen molar-refractivity contribution >= 4 is 0 Å². The molecular weight excluding hydrogens is 214 g/mol. The molecule has 4 nitrogen and oxygen atoms in total. The minimum Gasteiger partial charge on any atom is -0.395 e. The minimum absolute atomic E-state index is 0.0608. The van der Waals surface area contributed by atoms with Crippen LogP contribution in [-0.4, -0.2) is 40.7 Å². The molecule has 0 bridgehead atoms. The summed E-state index contributed by atoms with van der Waals surface area (Å²) in [5.41, 5.74) is 7.33. The Morgan fingerprint density at radius 2 is 2.24 bits per heavy atom. The van der Waals surface area contributed by atoms with Crippen LogP contribution in [0.4, 0.5) is 0 Å². The Morgan fingerprint density at radius 1 is 1.47 bits per heavy atom. The summed E-state index contributed by atoms with van der Waals surface area (Å²) in [4.78, 5) is 6.35. The van der Waals surface area contributed by atoms with E-state index in [1.54, 1.807) is 6.20 Å². The molecule has 0 aliphatic heterocycles. The molecule has 0 fully saturated rings. The van der Waals surface area contributed by atoms with E-state index in [0.717, 1.165) is 18.5 Å². The first-order valence-electron chi connectivity index (χ1n) is 6.25. The molecule has 0 aliphatic rings. The maximum Gasteiger partial charge on any atom is 0.0558 e. The van der Waals surface area contributed by atoms with Crippen LogP contribution in [-0.2, 0) is 0 Å². The second kappa shape index (κ2) is 7.37. The third-order valence-corrected chi connectivity index (χ3v) is 3.09. The Balaban J connectivity index is 2.94. The highest BCUT2D eigenvalue weighted by atomic mass is 16.3. The van der Waals surface area contributed by atoms with Crippen molar-refractivity contribution in [3.63, 3.8) is 0 Å². The number of aliphatic hydroxyl groups excluding tert-OH is 1. The molecule has 1 aromatic heterocycles. The van der Waals surface area contributed by atoms with E-state index in [-0.39, 0.29) is 18.7 Å². The molecule has 0 spiro atoms. The number of hydrogen-bond donors (Lipinski definition) is 2. The van der Waals surface area contributed by atoms with Gasteiger partial charge in [-0.05, 0) is 24.6 Å². The lowest BCUT2D eigenvalue weighted by Gasteiger charge is -2.34. The van der Waals surface area contributed by atoms with E-state index in [1.807, 2.05) is 18.3 Å². The Kier molecular flexibility index (Phi) is 6.11. The molecule has 0 saturated carbocycles. The van der Waals surface area contributed by atoms with E-state index in [9.17, 15) is 0 Å². The maximum atomic E-state index is 9.12. The molecule has 2 unspecified atom stereocenters. The van der Waals surface area contributed by atoms with Gasteiger partial charge in [-0.15, -0.1) is 0 Å². The van der Waals surface area contributed by atoms with Gasteiger partial charge < -0.3 is 10.8 Å². The predicted molar refractivity (Wildman–Crippen MR) is 69.6 cm³/mol. The van der Waals surface area contributed by atoms with Crippen molar-refractivity contribution in [2.75, 3.05) is 19.7 Å². The van der Waals surface area contributed by atoms with Crippen molar-refractivity contribution in [3.8, 4) is 0 Å². The quantitative estimate of drug-likeness (QED) is 0.747. The maximum absolute atomic E-state index is 9.12. The normalized spacial score (nSPS) is 14.9. The predicted octanol–water partition coefficient (Wildman–Crippen LogP) is 1.17. The van der Waals surface area contributed by atoms with Gasteiger partial charge >= 0.3 is 0 Å². The van der Waals surface area contributed by atoms with Gasteiger partial charge in [-0.3, -0.25) is 9.88 Å². The fourth-order valence-electron chi connectivity index (χ4n) is 2.13. The fraction of sp³-hybridized carbons (Fsp3) is 0.615. The first-order valence-corrected chi connectivity index (χ1v) is 6.25. The van der Waals surface area contributed by atoms with Gasteiger partial charge in [0.1, 0.15) is 0 Å². The highest BCUT2D eigenvalue weighted by Crippen LogP contribution is 2.23. The van der Waals surface area contributed by atoms with Crippen LogP contribution in [0, 0.1) is 0 Å². The number of nitrogens with two attached hydrogens (primary N) is 1. The molecule has 0 aliphatic carbocycles. The zero-order chi connectivity index (χ0) is 12.7. The average molecular weight is 237 g/mol. The Hall–Kier alpha value is -0.970. The molecule has 1 aromatic rings. The molecule has 0 aromatic carbocycles. The molecule has 0 saturated heterocycles. The topological polar surface area (TPSA) is 62.4 Å². The van der Waals surface area contributed by atoms with Gasteiger partial charge in [0.15, 0.2) is 0 Å². The van der Waals surface area contributed by atoms with Gasteiger partial charge in [0, 0.05) is 25.0 Å². The molecule has 1 rings (SSSR count). The molecule has 1 heterocycles. The highest BCUT2D eigenvalue weighted by Gasteiger charge is 2.24. The van der Waals surface area contributed by atoms with E-state index in [1.165, 1.54) is 0 Å². The zero-order valence-corrected chi connectivity index (χ0v) is 10.7. The largest absolute Gasteiger partial charge is 0.395 e. The van der Waals surface area contributed by atoms with Crippen molar-refractivity contribution < 1.29 is 5.11 Å². The van der Waals surface area contributed by atoms with Crippen LogP contribution in [0.2, 0.25) is 0 Å². The summed E-state index contributed by atoms with van der Waals surface area (Å²) in [6.07, 6.45) is 4.53. The smallest absolute Gasteiger partial charge is 0.0558 e. The highest BCUT2D eigenvalue weighted by molar-refractivity contribution is 5.16. The van der Waals surface area contributed by atoms with Gasteiger partial charge in [0.25, 0.3) is 0 Å². The Morgan fingerprint density at radius 3 is 2.71 bits per heavy atom. The summed E-state index contributed by atoms with van der Waals surface area (Å²) in [6, 6.07) is 4.17. The van der Waals surface area contributed by atoms with Crippen molar-refractivity contribution in [2.45, 2.75) is 32.4 Å². The van der Waals surface area contributed by atoms with E-state index in [4.69, 9.17) is 10.8 Å². The number of pyridine rings is 1. The van der Waals surface area contributed by atoms with Gasteiger partial charge in [0.05, 0.1) is 12.6 Å². The summed E-state index contributed by atoms with van der Waals surface area (Å²) in [7, 11) is 0. The summed E-state index contributed by atoms with van der Waals surface area (Å²) in [5, 5.41) is 9.12. The number of aliphatic hydroxyl groups is 1. The monoisotopic (exact) mass is 237 g/mol. The molecule has 4 heteroatoms. The van der Waals surface area contributed by atoms with Crippen molar-refractivity contribution in [1.29, 1.82) is 0 Å². The van der Waals surface area contributed by atoms with E-state index >= 15 is 0 Å². The standard InChI is InChI=1S/C13H23N3O/c1-3-12(14)13(16(4-2)8-9-17)11-6-5-7-15-10-11/h5-7,10,12-13,17H,3-4,8-9,14H2,1-2H3. The van der Waals surface area contributed by atoms with Crippen LogP contribution in [0.3, 0.4) is 0 Å². The summed E-state index contributed by atoms with van der Waals surface area (Å²) in [5.74, 6) is 0. The third-order valence-electron chi connectivity index (χ3n) is 3.09. The number of nitrogens with zero attached hydrogens (tertiary/aromatic N) is 2. The van der Waals surface area contributed by atoms with Gasteiger partial charge in [-0.25, -0.2) is 0 Å². The van der Waals surface area contributed by atoms with Crippen molar-refractivity contribution in [3.05, 3.63) is 30.1 Å². The first-order chi connectivity index (χ1) is 8.24. The van der Waals surface area contributed by atoms with Crippen LogP contribution in [0.5, 0.6) is 0 Å². The molecule has 2 atom stereocenters. The zero-order valence-electron chi connectivity index (χ0n) is 10.7. The number of hydrogen-bond acceptors (Lipinski definition) is 4. The number of rotatable bonds is 7. The molecule has 3 N–H and O–H groups in total. The van der Waals surface area contributed by atoms with Gasteiger partial charge in [-0.2, -0.15) is 0 Å². The third kappa shape index (κ3) is 3.77. The number of aromatic nitrogens is 1. The average Bonchev–Trinajstić information content (AvgIpc) is 2.39. The molecule has 0 radical (unpaired) electrons. The second-order valence-electron chi connectivity index (χ2n) is 4.16. The Bertz CT molecular complexity index is 305. The lowest BCUT2D eigenvalue weighted by atomic mass is 9.97. The van der Waals surface area contributed by atoms with Crippen molar-refractivity contribution in [1.82, 2.24) is 9.88 Å². The fourth-order valence-corrected chi connectivity index (χ4v) is 2.13. The molecule has 17 heavy (non-hydrogen) atoms. The van der Waals surface area contributed by atoms with E-state index in [2.05, 4.69) is 23.7 Å². The Labute approximate surface area is 103 Å². The summed E-state index contributed by atoms with van der Waals surface area (Å²) in [6.45, 7) is 5.83. The van der Waals surface area contributed by atoms with E-state index in [0.29, 0.717) is 6.54 Å². The summed E-state index contributed by atoms with van der Waals surface area (Å²) >= 11 is 0. The summed E-state index contributed by atoms with van der Waals surface area (Å²) < 4.78 is 0. The molecule has 96 valence electrons. The lowest BCUT2D eigenvalue weighted by Crippen LogP contribution is -2.42. The lowest BCUT2D eigenvalue weighted by molar-refractivity contribution is 0.138. The van der Waals surface area contributed by atoms with Gasteiger partial charge in [-0.1, -0.05) is 19.9 Å². The SMILES string of the molecule is CCC(N)C(c1cccnc1)N(CC)CCO. The van der Waals surface area contributed by atoms with Crippen LogP contribution >= 0.6 is 0 Å². The van der Waals surface area contributed by atoms with Crippen LogP contribution in [0.1, 0.15) is 31.9 Å². The molecular formula is C13H23N3O. The van der Waals surface area contributed by atoms with Crippen molar-refractivity contribution in [2.24, 2.45) is 5.73 Å². The van der Waals surface area contributed by atoms with Crippen LogP contribution in [0.25, 0.3) is 0 Å². The number of likely N-dealkylation sites (N-methyl/N-ethyl adjacent to an activating group) is 1. The van der Waals surface area contributed by atoms with E-state index < -0.39 is 0 Å². The first kappa shape index (κ1) is 14.1. The molecule has 0 amide bonds.